The maximum atomic E-state index is 4.77. The summed E-state index contributed by atoms with van der Waals surface area (Å²) in [6.45, 7) is 1.90. The van der Waals surface area contributed by atoms with Gasteiger partial charge in [0.1, 0.15) is 18.0 Å². The number of nitrogens with zero attached hydrogens (tertiary/aromatic N) is 6. The average molecular weight is 371 g/mol. The zero-order valence-electron chi connectivity index (χ0n) is 15.4. The first kappa shape index (κ1) is 16.8. The molecule has 0 saturated carbocycles. The van der Waals surface area contributed by atoms with Crippen LogP contribution in [0.25, 0.3) is 17.2 Å². The van der Waals surface area contributed by atoms with E-state index in [0.29, 0.717) is 0 Å². The summed E-state index contributed by atoms with van der Waals surface area (Å²) in [6, 6.07) is 14.5. The van der Waals surface area contributed by atoms with E-state index in [1.54, 1.807) is 12.5 Å². The summed E-state index contributed by atoms with van der Waals surface area (Å²) < 4.78 is 1.90. The van der Waals surface area contributed by atoms with Crippen molar-refractivity contribution in [1.82, 2.24) is 34.6 Å². The Balaban J connectivity index is 1.31. The van der Waals surface area contributed by atoms with Gasteiger partial charge in [0.25, 0.3) is 0 Å². The molecule has 4 heterocycles. The first-order chi connectivity index (χ1) is 13.9. The number of pyridine rings is 1. The zero-order chi connectivity index (χ0) is 18.8. The molecule has 1 aliphatic rings. The first-order valence-electron chi connectivity index (χ1n) is 9.52. The molecule has 1 atom stereocenters. The molecule has 5 rings (SSSR count). The van der Waals surface area contributed by atoms with Crippen LogP contribution in [0.5, 0.6) is 0 Å². The van der Waals surface area contributed by atoms with Crippen molar-refractivity contribution < 1.29 is 0 Å². The Morgan fingerprint density at radius 2 is 2.04 bits per heavy atom. The fourth-order valence-corrected chi connectivity index (χ4v) is 3.76. The Bertz CT molecular complexity index is 1020. The summed E-state index contributed by atoms with van der Waals surface area (Å²) in [5, 5.41) is 7.59. The van der Waals surface area contributed by atoms with Crippen LogP contribution in [-0.4, -0.2) is 41.2 Å². The van der Waals surface area contributed by atoms with Gasteiger partial charge in [-0.3, -0.25) is 14.6 Å². The lowest BCUT2D eigenvalue weighted by Crippen LogP contribution is -2.23. The van der Waals surface area contributed by atoms with Crippen LogP contribution in [0, 0.1) is 0 Å². The normalized spacial score (nSPS) is 17.2. The summed E-state index contributed by atoms with van der Waals surface area (Å²) in [5.41, 5.74) is 2.23. The van der Waals surface area contributed by atoms with E-state index in [2.05, 4.69) is 31.1 Å². The van der Waals surface area contributed by atoms with Crippen molar-refractivity contribution in [2.45, 2.75) is 25.4 Å². The van der Waals surface area contributed by atoms with Crippen molar-refractivity contribution in [2.24, 2.45) is 0 Å². The molecule has 1 aromatic carbocycles. The standard InChI is InChI=1S/C21H21N7/c1-2-5-17(6-3-1)20-24-21(26-25-20)18-7-4-11-27(18)14-16-8-9-19(23-13-16)28-12-10-22-15-28/h1-3,5-6,8-10,12-13,15,18H,4,7,11,14H2,(H,24,25,26)/t18-/m1/s1. The third kappa shape index (κ3) is 3.32. The molecule has 0 radical (unpaired) electrons. The number of likely N-dealkylation sites (tertiary alicyclic amines) is 1. The third-order valence-electron chi connectivity index (χ3n) is 5.18. The van der Waals surface area contributed by atoms with Crippen LogP contribution in [0.1, 0.15) is 30.3 Å². The van der Waals surface area contributed by atoms with Gasteiger partial charge in [-0.25, -0.2) is 15.0 Å². The molecule has 0 amide bonds. The number of H-pyrrole nitrogens is 1. The molecule has 4 aromatic rings. The number of rotatable bonds is 5. The number of hydrogen-bond donors (Lipinski definition) is 1. The molecule has 0 aliphatic carbocycles. The lowest BCUT2D eigenvalue weighted by Gasteiger charge is -2.22. The number of nitrogens with one attached hydrogen (secondary N) is 1. The van der Waals surface area contributed by atoms with Crippen LogP contribution in [-0.2, 0) is 6.54 Å². The van der Waals surface area contributed by atoms with Gasteiger partial charge in [0.15, 0.2) is 5.82 Å². The van der Waals surface area contributed by atoms with E-state index >= 15 is 0 Å². The lowest BCUT2D eigenvalue weighted by molar-refractivity contribution is 0.240. The van der Waals surface area contributed by atoms with Crippen molar-refractivity contribution >= 4 is 0 Å². The highest BCUT2D eigenvalue weighted by Gasteiger charge is 2.29. The Hall–Kier alpha value is -3.32. The number of benzene rings is 1. The molecule has 1 aliphatic heterocycles. The molecule has 28 heavy (non-hydrogen) atoms. The van der Waals surface area contributed by atoms with Gasteiger partial charge in [0.2, 0.25) is 0 Å². The Kier molecular flexibility index (Phi) is 4.42. The van der Waals surface area contributed by atoms with Crippen LogP contribution < -0.4 is 0 Å². The molecule has 1 saturated heterocycles. The topological polar surface area (TPSA) is 75.5 Å². The summed E-state index contributed by atoms with van der Waals surface area (Å²) in [4.78, 5) is 15.9. The number of aromatic amines is 1. The average Bonchev–Trinajstić information content (AvgIpc) is 3.51. The van der Waals surface area contributed by atoms with Gasteiger partial charge in [0.05, 0.1) is 6.04 Å². The van der Waals surface area contributed by atoms with Crippen molar-refractivity contribution in [3.63, 3.8) is 0 Å². The first-order valence-corrected chi connectivity index (χ1v) is 9.52. The molecule has 0 bridgehead atoms. The Labute approximate surface area is 163 Å². The smallest absolute Gasteiger partial charge is 0.181 e. The molecular weight excluding hydrogens is 350 g/mol. The van der Waals surface area contributed by atoms with Crippen molar-refractivity contribution in [3.05, 3.63) is 78.8 Å². The molecule has 1 fully saturated rings. The minimum absolute atomic E-state index is 0.262. The SMILES string of the molecule is c1ccc(-c2n[nH]c([C@H]3CCCN3Cc3ccc(-n4ccnc4)nc3)n2)cc1. The van der Waals surface area contributed by atoms with E-state index in [0.717, 1.165) is 49.0 Å². The molecule has 3 aromatic heterocycles. The van der Waals surface area contributed by atoms with E-state index in [-0.39, 0.29) is 6.04 Å². The molecular formula is C21H21N7. The Morgan fingerprint density at radius 3 is 2.82 bits per heavy atom. The summed E-state index contributed by atoms with van der Waals surface area (Å²) in [7, 11) is 0. The van der Waals surface area contributed by atoms with E-state index in [4.69, 9.17) is 4.98 Å². The van der Waals surface area contributed by atoms with Gasteiger partial charge in [-0.2, -0.15) is 5.10 Å². The fourth-order valence-electron chi connectivity index (χ4n) is 3.76. The van der Waals surface area contributed by atoms with Gasteiger partial charge in [-0.15, -0.1) is 0 Å². The van der Waals surface area contributed by atoms with Gasteiger partial charge in [-0.05, 0) is 31.0 Å². The van der Waals surface area contributed by atoms with E-state index in [1.807, 2.05) is 53.4 Å². The molecule has 140 valence electrons. The second-order valence-corrected chi connectivity index (χ2v) is 7.03. The minimum Gasteiger partial charge on any atom is -0.291 e. The Morgan fingerprint density at radius 1 is 1.11 bits per heavy atom. The summed E-state index contributed by atoms with van der Waals surface area (Å²) in [6.07, 6.45) is 9.60. The van der Waals surface area contributed by atoms with Gasteiger partial charge in [-0.1, -0.05) is 36.4 Å². The molecule has 1 N–H and O–H groups in total. The minimum atomic E-state index is 0.262. The van der Waals surface area contributed by atoms with Crippen molar-refractivity contribution in [1.29, 1.82) is 0 Å². The second-order valence-electron chi connectivity index (χ2n) is 7.03. The monoisotopic (exact) mass is 371 g/mol. The number of aromatic nitrogens is 6. The maximum absolute atomic E-state index is 4.77. The predicted molar refractivity (Wildman–Crippen MR) is 106 cm³/mol. The van der Waals surface area contributed by atoms with Crippen molar-refractivity contribution in [2.75, 3.05) is 6.54 Å². The highest BCUT2D eigenvalue weighted by molar-refractivity contribution is 5.53. The number of imidazole rings is 1. The highest BCUT2D eigenvalue weighted by atomic mass is 15.3. The van der Waals surface area contributed by atoms with Crippen LogP contribution in [0.4, 0.5) is 0 Å². The second kappa shape index (κ2) is 7.36. The zero-order valence-corrected chi connectivity index (χ0v) is 15.4. The number of hydrogen-bond acceptors (Lipinski definition) is 5. The van der Waals surface area contributed by atoms with E-state index in [1.165, 1.54) is 5.56 Å². The molecule has 0 spiro atoms. The summed E-state index contributed by atoms with van der Waals surface area (Å²) >= 11 is 0. The lowest BCUT2D eigenvalue weighted by atomic mass is 10.2. The largest absolute Gasteiger partial charge is 0.291 e. The van der Waals surface area contributed by atoms with Crippen molar-refractivity contribution in [3.8, 4) is 17.2 Å². The fraction of sp³-hybridized carbons (Fsp3) is 0.238. The third-order valence-corrected chi connectivity index (χ3v) is 5.18. The summed E-state index contributed by atoms with van der Waals surface area (Å²) in [5.74, 6) is 2.58. The molecule has 7 nitrogen and oxygen atoms in total. The predicted octanol–water partition coefficient (Wildman–Crippen LogP) is 3.39. The van der Waals surface area contributed by atoms with Gasteiger partial charge >= 0.3 is 0 Å². The van der Waals surface area contributed by atoms with Crippen LogP contribution >= 0.6 is 0 Å². The quantitative estimate of drug-likeness (QED) is 0.582. The molecule has 7 heteroatoms. The van der Waals surface area contributed by atoms with E-state index < -0.39 is 0 Å². The van der Waals surface area contributed by atoms with Crippen LogP contribution in [0.3, 0.4) is 0 Å². The van der Waals surface area contributed by atoms with Gasteiger partial charge < -0.3 is 0 Å². The van der Waals surface area contributed by atoms with E-state index in [9.17, 15) is 0 Å². The van der Waals surface area contributed by atoms with Crippen LogP contribution in [0.15, 0.2) is 67.4 Å². The maximum Gasteiger partial charge on any atom is 0.181 e. The van der Waals surface area contributed by atoms with Crippen LogP contribution in [0.2, 0.25) is 0 Å². The molecule has 0 unspecified atom stereocenters. The van der Waals surface area contributed by atoms with Gasteiger partial charge in [0, 0.05) is 30.7 Å². The highest BCUT2D eigenvalue weighted by Crippen LogP contribution is 2.32.